The van der Waals surface area contributed by atoms with E-state index in [1.54, 1.807) is 13.0 Å². The molecule has 0 atom stereocenters. The summed E-state index contributed by atoms with van der Waals surface area (Å²) in [7, 11) is -3.90. The van der Waals surface area contributed by atoms with Crippen molar-refractivity contribution in [3.05, 3.63) is 56.5 Å². The van der Waals surface area contributed by atoms with Gasteiger partial charge in [-0.1, -0.05) is 40.9 Å². The quantitative estimate of drug-likeness (QED) is 0.589. The fraction of sp³-hybridized carbons (Fsp3) is 0.222. The molecule has 0 radical (unpaired) electrons. The Balaban J connectivity index is 1.88. The summed E-state index contributed by atoms with van der Waals surface area (Å²) in [6.07, 6.45) is 0. The fourth-order valence-corrected chi connectivity index (χ4v) is 4.12. The first kappa shape index (κ1) is 23.4. The van der Waals surface area contributed by atoms with Crippen molar-refractivity contribution in [3.8, 4) is 0 Å². The number of hydrogen-bond acceptors (Lipinski definition) is 5. The Labute approximate surface area is 183 Å². The number of sulfonamides is 1. The van der Waals surface area contributed by atoms with Gasteiger partial charge in [-0.15, -0.1) is 0 Å². The Morgan fingerprint density at radius 1 is 1.00 bits per heavy atom. The van der Waals surface area contributed by atoms with Gasteiger partial charge in [-0.25, -0.2) is 8.42 Å². The number of esters is 1. The number of hydrogen-bond donors (Lipinski definition) is 2. The summed E-state index contributed by atoms with van der Waals surface area (Å²) < 4.78 is 31.4. The van der Waals surface area contributed by atoms with Crippen molar-refractivity contribution in [2.45, 2.75) is 18.7 Å². The standard InChI is InChI=1S/C18H17Cl3N2O5S/c1-10-3-4-13(5-11(10)2)29(26,27)22-8-17(25)28-9-16(24)23-18-14(20)6-12(19)7-15(18)21/h3-7,22H,8-9H2,1-2H3,(H,23,24). The van der Waals surface area contributed by atoms with Crippen molar-refractivity contribution in [1.29, 1.82) is 0 Å². The van der Waals surface area contributed by atoms with E-state index >= 15 is 0 Å². The lowest BCUT2D eigenvalue weighted by atomic mass is 10.1. The van der Waals surface area contributed by atoms with Gasteiger partial charge in [0.25, 0.3) is 5.91 Å². The van der Waals surface area contributed by atoms with E-state index in [-0.39, 0.29) is 20.6 Å². The van der Waals surface area contributed by atoms with Crippen LogP contribution >= 0.6 is 34.8 Å². The zero-order valence-electron chi connectivity index (χ0n) is 15.4. The largest absolute Gasteiger partial charge is 0.455 e. The predicted octanol–water partition coefficient (Wildman–Crippen LogP) is 3.72. The molecule has 0 aliphatic carbocycles. The molecule has 2 N–H and O–H groups in total. The molecule has 0 saturated carbocycles. The van der Waals surface area contributed by atoms with Crippen LogP contribution in [0.1, 0.15) is 11.1 Å². The first-order valence-electron chi connectivity index (χ1n) is 8.16. The molecule has 0 spiro atoms. The normalized spacial score (nSPS) is 11.2. The average molecular weight is 480 g/mol. The number of benzene rings is 2. The smallest absolute Gasteiger partial charge is 0.321 e. The van der Waals surface area contributed by atoms with E-state index < -0.39 is 35.1 Å². The molecule has 0 aliphatic heterocycles. The molecular weight excluding hydrogens is 463 g/mol. The Morgan fingerprint density at radius 2 is 1.62 bits per heavy atom. The Morgan fingerprint density at radius 3 is 2.21 bits per heavy atom. The van der Waals surface area contributed by atoms with Crippen molar-refractivity contribution in [2.75, 3.05) is 18.5 Å². The number of rotatable bonds is 7. The fourth-order valence-electron chi connectivity index (χ4n) is 2.15. The number of ether oxygens (including phenoxy) is 1. The minimum atomic E-state index is -3.90. The second kappa shape index (κ2) is 9.77. The van der Waals surface area contributed by atoms with E-state index in [0.29, 0.717) is 5.02 Å². The maximum Gasteiger partial charge on any atom is 0.321 e. The van der Waals surface area contributed by atoms with E-state index in [0.717, 1.165) is 11.1 Å². The molecule has 0 fully saturated rings. The van der Waals surface area contributed by atoms with Crippen molar-refractivity contribution < 1.29 is 22.7 Å². The third-order valence-corrected chi connectivity index (χ3v) is 6.04. The predicted molar refractivity (Wildman–Crippen MR) is 112 cm³/mol. The molecule has 156 valence electrons. The minimum absolute atomic E-state index is 0.0261. The minimum Gasteiger partial charge on any atom is -0.455 e. The number of aryl methyl sites for hydroxylation is 2. The van der Waals surface area contributed by atoms with Crippen LogP contribution in [-0.4, -0.2) is 33.4 Å². The molecule has 2 aromatic rings. The summed E-state index contributed by atoms with van der Waals surface area (Å²) in [6.45, 7) is 2.34. The molecule has 0 heterocycles. The number of halogens is 3. The number of anilines is 1. The summed E-state index contributed by atoms with van der Waals surface area (Å²) in [5, 5.41) is 2.91. The molecule has 2 aromatic carbocycles. The summed E-state index contributed by atoms with van der Waals surface area (Å²) >= 11 is 17.7. The van der Waals surface area contributed by atoms with Crippen molar-refractivity contribution in [1.82, 2.24) is 4.72 Å². The molecule has 29 heavy (non-hydrogen) atoms. The third-order valence-electron chi connectivity index (χ3n) is 3.83. The number of nitrogens with one attached hydrogen (secondary N) is 2. The summed E-state index contributed by atoms with van der Waals surface area (Å²) in [5.41, 5.74) is 1.86. The highest BCUT2D eigenvalue weighted by Gasteiger charge is 2.18. The van der Waals surface area contributed by atoms with Crippen molar-refractivity contribution >= 4 is 62.4 Å². The highest BCUT2D eigenvalue weighted by atomic mass is 35.5. The second-order valence-electron chi connectivity index (χ2n) is 6.02. The van der Waals surface area contributed by atoms with Crippen molar-refractivity contribution in [2.24, 2.45) is 0 Å². The third kappa shape index (κ3) is 6.58. The van der Waals surface area contributed by atoms with Crippen LogP contribution in [0.5, 0.6) is 0 Å². The summed E-state index contributed by atoms with van der Waals surface area (Å²) in [6, 6.07) is 7.37. The average Bonchev–Trinajstić information content (AvgIpc) is 2.63. The summed E-state index contributed by atoms with van der Waals surface area (Å²) in [5.74, 6) is -1.64. The maximum atomic E-state index is 12.2. The summed E-state index contributed by atoms with van der Waals surface area (Å²) in [4.78, 5) is 23.7. The monoisotopic (exact) mass is 478 g/mol. The highest BCUT2D eigenvalue weighted by molar-refractivity contribution is 7.89. The van der Waals surface area contributed by atoms with Crippen LogP contribution in [-0.2, 0) is 24.3 Å². The molecule has 0 bridgehead atoms. The zero-order chi connectivity index (χ0) is 21.8. The van der Waals surface area contributed by atoms with E-state index in [1.165, 1.54) is 24.3 Å². The highest BCUT2D eigenvalue weighted by Crippen LogP contribution is 2.33. The van der Waals surface area contributed by atoms with Crippen LogP contribution in [0.25, 0.3) is 0 Å². The topological polar surface area (TPSA) is 102 Å². The van der Waals surface area contributed by atoms with Crippen LogP contribution in [0.2, 0.25) is 15.1 Å². The van der Waals surface area contributed by atoms with E-state index in [9.17, 15) is 18.0 Å². The van der Waals surface area contributed by atoms with Crippen molar-refractivity contribution in [3.63, 3.8) is 0 Å². The number of carbonyl (C=O) groups excluding carboxylic acids is 2. The van der Waals surface area contributed by atoms with Crippen LogP contribution in [0, 0.1) is 13.8 Å². The molecule has 0 unspecified atom stereocenters. The van der Waals surface area contributed by atoms with Gasteiger partial charge in [0.2, 0.25) is 10.0 Å². The first-order chi connectivity index (χ1) is 13.5. The van der Waals surface area contributed by atoms with Gasteiger partial charge < -0.3 is 10.1 Å². The van der Waals surface area contributed by atoms with Gasteiger partial charge in [0.15, 0.2) is 6.61 Å². The van der Waals surface area contributed by atoms with Crippen LogP contribution in [0.3, 0.4) is 0 Å². The SMILES string of the molecule is Cc1ccc(S(=O)(=O)NCC(=O)OCC(=O)Nc2c(Cl)cc(Cl)cc2Cl)cc1C. The van der Waals surface area contributed by atoms with Gasteiger partial charge in [0.05, 0.1) is 20.6 Å². The van der Waals surface area contributed by atoms with Gasteiger partial charge in [-0.3, -0.25) is 9.59 Å². The zero-order valence-corrected chi connectivity index (χ0v) is 18.5. The lowest BCUT2D eigenvalue weighted by molar-refractivity contribution is -0.146. The Bertz CT molecular complexity index is 1030. The van der Waals surface area contributed by atoms with E-state index in [4.69, 9.17) is 39.5 Å². The van der Waals surface area contributed by atoms with E-state index in [1.807, 2.05) is 6.92 Å². The maximum absolute atomic E-state index is 12.2. The molecule has 2 rings (SSSR count). The molecule has 0 aliphatic rings. The lowest BCUT2D eigenvalue weighted by Crippen LogP contribution is -2.32. The first-order valence-corrected chi connectivity index (χ1v) is 10.8. The van der Waals surface area contributed by atoms with Crippen LogP contribution < -0.4 is 10.0 Å². The lowest BCUT2D eigenvalue weighted by Gasteiger charge is -2.11. The van der Waals surface area contributed by atoms with Gasteiger partial charge in [-0.05, 0) is 49.2 Å². The van der Waals surface area contributed by atoms with Gasteiger partial charge in [0.1, 0.15) is 6.54 Å². The Hall–Kier alpha value is -1.84. The molecule has 7 nitrogen and oxygen atoms in total. The molecule has 11 heteroatoms. The van der Waals surface area contributed by atoms with Gasteiger partial charge in [-0.2, -0.15) is 4.72 Å². The molecule has 1 amide bonds. The van der Waals surface area contributed by atoms with Crippen LogP contribution in [0.4, 0.5) is 5.69 Å². The Kier molecular flexibility index (Phi) is 7.90. The van der Waals surface area contributed by atoms with E-state index in [2.05, 4.69) is 10.0 Å². The number of amides is 1. The molecule has 0 saturated heterocycles. The second-order valence-corrected chi connectivity index (χ2v) is 9.04. The number of carbonyl (C=O) groups is 2. The van der Waals surface area contributed by atoms with Gasteiger partial charge >= 0.3 is 5.97 Å². The molecule has 0 aromatic heterocycles. The van der Waals surface area contributed by atoms with Gasteiger partial charge in [0, 0.05) is 5.02 Å². The molecular formula is C18H17Cl3N2O5S. The van der Waals surface area contributed by atoms with Crippen LogP contribution in [0.15, 0.2) is 35.2 Å².